The number of methoxy groups -OCH3 is 1. The Morgan fingerprint density at radius 1 is 1.56 bits per heavy atom. The molecule has 0 aliphatic rings. The minimum absolute atomic E-state index is 0.00116. The SMILES string of the molecule is COCC(C)NC(=O)COc1ccc(N)cc1F. The zero-order chi connectivity index (χ0) is 13.5. The highest BCUT2D eigenvalue weighted by Crippen LogP contribution is 2.18. The van der Waals surface area contributed by atoms with Crippen molar-refractivity contribution in [2.75, 3.05) is 26.1 Å². The van der Waals surface area contributed by atoms with Crippen LogP contribution >= 0.6 is 0 Å². The summed E-state index contributed by atoms with van der Waals surface area (Å²) < 4.78 is 23.2. The van der Waals surface area contributed by atoms with E-state index in [1.54, 1.807) is 14.0 Å². The summed E-state index contributed by atoms with van der Waals surface area (Å²) in [6, 6.07) is 3.91. The maximum atomic E-state index is 13.3. The lowest BCUT2D eigenvalue weighted by Crippen LogP contribution is -2.38. The van der Waals surface area contributed by atoms with Crippen molar-refractivity contribution < 1.29 is 18.7 Å². The van der Waals surface area contributed by atoms with Crippen LogP contribution in [0.3, 0.4) is 0 Å². The molecule has 1 rings (SSSR count). The Hall–Kier alpha value is -1.82. The average molecular weight is 256 g/mol. The zero-order valence-electron chi connectivity index (χ0n) is 10.4. The number of nitrogen functional groups attached to an aromatic ring is 1. The summed E-state index contributed by atoms with van der Waals surface area (Å²) in [4.78, 5) is 11.4. The number of amides is 1. The van der Waals surface area contributed by atoms with Crippen LogP contribution < -0.4 is 15.8 Å². The first-order chi connectivity index (χ1) is 8.52. The van der Waals surface area contributed by atoms with Crippen LogP contribution in [0.15, 0.2) is 18.2 Å². The number of hydrogen-bond donors (Lipinski definition) is 2. The molecule has 100 valence electrons. The second-order valence-corrected chi connectivity index (χ2v) is 3.90. The van der Waals surface area contributed by atoms with Crippen molar-refractivity contribution in [3.8, 4) is 5.75 Å². The molecule has 0 aromatic heterocycles. The molecule has 1 aromatic carbocycles. The standard InChI is InChI=1S/C12H17FN2O3/c1-8(6-17-2)15-12(16)7-18-11-4-3-9(14)5-10(11)13/h3-5,8H,6-7,14H2,1-2H3,(H,15,16). The highest BCUT2D eigenvalue weighted by molar-refractivity contribution is 5.77. The number of anilines is 1. The first kappa shape index (κ1) is 14.2. The maximum absolute atomic E-state index is 13.3. The molecule has 0 bridgehead atoms. The Kier molecular flexibility index (Phi) is 5.38. The van der Waals surface area contributed by atoms with E-state index in [1.165, 1.54) is 12.1 Å². The minimum atomic E-state index is -0.590. The summed E-state index contributed by atoms with van der Waals surface area (Å²) in [7, 11) is 1.54. The van der Waals surface area contributed by atoms with Crippen LogP contribution in [-0.2, 0) is 9.53 Å². The lowest BCUT2D eigenvalue weighted by molar-refractivity contribution is -0.124. The largest absolute Gasteiger partial charge is 0.481 e. The predicted molar refractivity (Wildman–Crippen MR) is 65.8 cm³/mol. The van der Waals surface area contributed by atoms with Gasteiger partial charge in [0.25, 0.3) is 5.91 Å². The van der Waals surface area contributed by atoms with Crippen molar-refractivity contribution in [1.29, 1.82) is 0 Å². The summed E-state index contributed by atoms with van der Waals surface area (Å²) in [5.74, 6) is -0.928. The Labute approximate surface area is 105 Å². The third-order valence-corrected chi connectivity index (χ3v) is 2.14. The van der Waals surface area contributed by atoms with Gasteiger partial charge in [-0.25, -0.2) is 4.39 Å². The Morgan fingerprint density at radius 2 is 2.28 bits per heavy atom. The van der Waals surface area contributed by atoms with Gasteiger partial charge in [-0.05, 0) is 19.1 Å². The van der Waals surface area contributed by atoms with Crippen LogP contribution in [0.5, 0.6) is 5.75 Å². The molecule has 0 fully saturated rings. The fourth-order valence-electron chi connectivity index (χ4n) is 1.39. The average Bonchev–Trinajstić information content (AvgIpc) is 2.28. The molecule has 0 spiro atoms. The van der Waals surface area contributed by atoms with Crippen molar-refractivity contribution in [1.82, 2.24) is 5.32 Å². The van der Waals surface area contributed by atoms with E-state index < -0.39 is 5.82 Å². The maximum Gasteiger partial charge on any atom is 0.258 e. The Morgan fingerprint density at radius 3 is 2.89 bits per heavy atom. The molecule has 0 radical (unpaired) electrons. The third-order valence-electron chi connectivity index (χ3n) is 2.14. The predicted octanol–water partition coefficient (Wildman–Crippen LogP) is 0.938. The Bertz CT molecular complexity index is 412. The molecule has 3 N–H and O–H groups in total. The number of carbonyl (C=O) groups is 1. The van der Waals surface area contributed by atoms with Gasteiger partial charge in [0.05, 0.1) is 6.61 Å². The van der Waals surface area contributed by atoms with Crippen molar-refractivity contribution in [3.63, 3.8) is 0 Å². The molecule has 0 saturated carbocycles. The van der Waals surface area contributed by atoms with Crippen molar-refractivity contribution in [2.24, 2.45) is 0 Å². The fourth-order valence-corrected chi connectivity index (χ4v) is 1.39. The number of hydrogen-bond acceptors (Lipinski definition) is 4. The van der Waals surface area contributed by atoms with Crippen LogP contribution in [0.2, 0.25) is 0 Å². The molecular formula is C12H17FN2O3. The Balaban J connectivity index is 2.42. The molecule has 6 heteroatoms. The number of rotatable bonds is 6. The van der Waals surface area contributed by atoms with E-state index in [9.17, 15) is 9.18 Å². The highest BCUT2D eigenvalue weighted by Gasteiger charge is 2.09. The number of halogens is 1. The first-order valence-corrected chi connectivity index (χ1v) is 5.49. The summed E-state index contributed by atoms with van der Waals surface area (Å²) in [6.45, 7) is 1.95. The van der Waals surface area contributed by atoms with Crippen LogP contribution in [0.4, 0.5) is 10.1 Å². The molecule has 1 unspecified atom stereocenters. The molecule has 5 nitrogen and oxygen atoms in total. The number of carbonyl (C=O) groups excluding carboxylic acids is 1. The summed E-state index contributed by atoms with van der Waals surface area (Å²) in [5, 5.41) is 2.65. The monoisotopic (exact) mass is 256 g/mol. The summed E-state index contributed by atoms with van der Waals surface area (Å²) in [6.07, 6.45) is 0. The van der Waals surface area contributed by atoms with E-state index in [2.05, 4.69) is 5.32 Å². The van der Waals surface area contributed by atoms with Crippen molar-refractivity contribution in [3.05, 3.63) is 24.0 Å². The summed E-state index contributed by atoms with van der Waals surface area (Å²) in [5.41, 5.74) is 5.70. The molecule has 0 saturated heterocycles. The van der Waals surface area contributed by atoms with E-state index in [0.717, 1.165) is 6.07 Å². The number of nitrogens with two attached hydrogens (primary N) is 1. The van der Waals surface area contributed by atoms with E-state index in [4.69, 9.17) is 15.2 Å². The molecule has 1 amide bonds. The second-order valence-electron chi connectivity index (χ2n) is 3.90. The van der Waals surface area contributed by atoms with Gasteiger partial charge in [0.15, 0.2) is 18.2 Å². The fraction of sp³-hybridized carbons (Fsp3) is 0.417. The van der Waals surface area contributed by atoms with Gasteiger partial charge >= 0.3 is 0 Å². The van der Waals surface area contributed by atoms with E-state index in [0.29, 0.717) is 12.3 Å². The lowest BCUT2D eigenvalue weighted by atomic mass is 10.3. The zero-order valence-corrected chi connectivity index (χ0v) is 10.4. The van der Waals surface area contributed by atoms with Gasteiger partial charge < -0.3 is 20.5 Å². The number of ether oxygens (including phenoxy) is 2. The molecule has 0 aliphatic carbocycles. The van der Waals surface area contributed by atoms with Gasteiger partial charge in [-0.1, -0.05) is 0 Å². The lowest BCUT2D eigenvalue weighted by Gasteiger charge is -2.13. The van der Waals surface area contributed by atoms with E-state index in [1.807, 2.05) is 0 Å². The van der Waals surface area contributed by atoms with Crippen LogP contribution in [0, 0.1) is 5.82 Å². The highest BCUT2D eigenvalue weighted by atomic mass is 19.1. The molecule has 1 atom stereocenters. The van der Waals surface area contributed by atoms with Crippen LogP contribution in [0.25, 0.3) is 0 Å². The van der Waals surface area contributed by atoms with E-state index in [-0.39, 0.29) is 24.3 Å². The first-order valence-electron chi connectivity index (χ1n) is 5.49. The van der Waals surface area contributed by atoms with Gasteiger partial charge in [0, 0.05) is 24.9 Å². The van der Waals surface area contributed by atoms with Gasteiger partial charge in [-0.15, -0.1) is 0 Å². The molecule has 0 heterocycles. The molecular weight excluding hydrogens is 239 g/mol. The molecule has 1 aromatic rings. The second kappa shape index (κ2) is 6.80. The van der Waals surface area contributed by atoms with Crippen LogP contribution in [0.1, 0.15) is 6.92 Å². The topological polar surface area (TPSA) is 73.6 Å². The van der Waals surface area contributed by atoms with Crippen LogP contribution in [-0.4, -0.2) is 32.3 Å². The van der Waals surface area contributed by atoms with Gasteiger partial charge in [-0.2, -0.15) is 0 Å². The smallest absolute Gasteiger partial charge is 0.258 e. The number of benzene rings is 1. The normalized spacial score (nSPS) is 11.9. The molecule has 18 heavy (non-hydrogen) atoms. The quantitative estimate of drug-likeness (QED) is 0.743. The molecule has 0 aliphatic heterocycles. The minimum Gasteiger partial charge on any atom is -0.481 e. The third kappa shape index (κ3) is 4.58. The van der Waals surface area contributed by atoms with Gasteiger partial charge in [0.2, 0.25) is 0 Å². The number of nitrogens with one attached hydrogen (secondary N) is 1. The van der Waals surface area contributed by atoms with Gasteiger partial charge in [-0.3, -0.25) is 4.79 Å². The van der Waals surface area contributed by atoms with E-state index >= 15 is 0 Å². The summed E-state index contributed by atoms with van der Waals surface area (Å²) >= 11 is 0. The van der Waals surface area contributed by atoms with Crippen molar-refractivity contribution >= 4 is 11.6 Å². The van der Waals surface area contributed by atoms with Gasteiger partial charge in [0.1, 0.15) is 0 Å². The van der Waals surface area contributed by atoms with Crippen molar-refractivity contribution in [2.45, 2.75) is 13.0 Å².